The van der Waals surface area contributed by atoms with Crippen molar-refractivity contribution in [3.05, 3.63) is 22.5 Å². The number of alkyl halides is 3. The zero-order valence-corrected chi connectivity index (χ0v) is 11.1. The molecule has 1 aromatic heterocycles. The van der Waals surface area contributed by atoms with Gasteiger partial charge in [-0.25, -0.2) is 4.79 Å². The van der Waals surface area contributed by atoms with E-state index in [-0.39, 0.29) is 5.69 Å². The van der Waals surface area contributed by atoms with Gasteiger partial charge in [0, 0.05) is 5.69 Å². The SMILES string of the molecule is CCc1c(CC(F)(F)F)nc2c(c1NC(N)=O)CCC2. The van der Waals surface area contributed by atoms with Crippen LogP contribution in [0.3, 0.4) is 0 Å². The minimum Gasteiger partial charge on any atom is -0.351 e. The molecular formula is C13H16F3N3O. The van der Waals surface area contributed by atoms with Gasteiger partial charge in [-0.2, -0.15) is 13.2 Å². The molecule has 20 heavy (non-hydrogen) atoms. The molecule has 110 valence electrons. The van der Waals surface area contributed by atoms with Gasteiger partial charge in [-0.3, -0.25) is 4.98 Å². The number of primary amides is 1. The summed E-state index contributed by atoms with van der Waals surface area (Å²) in [5.74, 6) is 0. The average molecular weight is 287 g/mol. The van der Waals surface area contributed by atoms with Crippen molar-refractivity contribution in [3.8, 4) is 0 Å². The van der Waals surface area contributed by atoms with Crippen molar-refractivity contribution < 1.29 is 18.0 Å². The van der Waals surface area contributed by atoms with Gasteiger partial charge in [0.05, 0.1) is 17.8 Å². The second-order valence-electron chi connectivity index (χ2n) is 4.83. The van der Waals surface area contributed by atoms with Crippen molar-refractivity contribution in [2.24, 2.45) is 5.73 Å². The van der Waals surface area contributed by atoms with Gasteiger partial charge in [0.15, 0.2) is 0 Å². The molecule has 0 bridgehead atoms. The molecule has 1 aromatic rings. The fourth-order valence-electron chi connectivity index (χ4n) is 2.67. The number of anilines is 1. The monoisotopic (exact) mass is 287 g/mol. The molecule has 0 aliphatic heterocycles. The number of hydrogen-bond acceptors (Lipinski definition) is 2. The van der Waals surface area contributed by atoms with Crippen LogP contribution in [-0.2, 0) is 25.7 Å². The summed E-state index contributed by atoms with van der Waals surface area (Å²) in [7, 11) is 0. The molecule has 1 aliphatic rings. The quantitative estimate of drug-likeness (QED) is 0.897. The Balaban J connectivity index is 2.55. The van der Waals surface area contributed by atoms with Crippen LogP contribution in [0.5, 0.6) is 0 Å². The number of aryl methyl sites for hydroxylation is 1. The molecule has 0 aromatic carbocycles. The van der Waals surface area contributed by atoms with Crippen LogP contribution < -0.4 is 11.1 Å². The molecule has 2 rings (SSSR count). The van der Waals surface area contributed by atoms with Crippen LogP contribution in [0.25, 0.3) is 0 Å². The molecule has 0 saturated carbocycles. The fourth-order valence-corrected chi connectivity index (χ4v) is 2.67. The van der Waals surface area contributed by atoms with Crippen LogP contribution in [0, 0.1) is 0 Å². The van der Waals surface area contributed by atoms with Crippen molar-refractivity contribution in [1.29, 1.82) is 0 Å². The Labute approximate surface area is 114 Å². The minimum absolute atomic E-state index is 0.00981. The molecule has 0 atom stereocenters. The molecule has 0 radical (unpaired) electrons. The average Bonchev–Trinajstić information content (AvgIpc) is 2.74. The lowest BCUT2D eigenvalue weighted by molar-refractivity contribution is -0.127. The first-order valence-electron chi connectivity index (χ1n) is 6.48. The number of nitrogens with zero attached hydrogens (tertiary/aromatic N) is 1. The molecule has 2 amide bonds. The van der Waals surface area contributed by atoms with E-state index in [1.54, 1.807) is 6.92 Å². The Bertz CT molecular complexity index is 541. The fraction of sp³-hybridized carbons (Fsp3) is 0.538. The van der Waals surface area contributed by atoms with E-state index in [0.717, 1.165) is 12.0 Å². The van der Waals surface area contributed by atoms with Crippen molar-refractivity contribution in [3.63, 3.8) is 0 Å². The lowest BCUT2D eigenvalue weighted by Crippen LogP contribution is -2.23. The number of pyridine rings is 1. The van der Waals surface area contributed by atoms with E-state index in [1.165, 1.54) is 0 Å². The van der Waals surface area contributed by atoms with E-state index in [9.17, 15) is 18.0 Å². The van der Waals surface area contributed by atoms with Crippen LogP contribution in [0.4, 0.5) is 23.7 Å². The third-order valence-corrected chi connectivity index (χ3v) is 3.38. The largest absolute Gasteiger partial charge is 0.394 e. The summed E-state index contributed by atoms with van der Waals surface area (Å²) in [5.41, 5.74) is 7.45. The Morgan fingerprint density at radius 2 is 2.10 bits per heavy atom. The predicted octanol–water partition coefficient (Wildman–Crippen LogP) is 2.73. The highest BCUT2D eigenvalue weighted by Gasteiger charge is 2.32. The summed E-state index contributed by atoms with van der Waals surface area (Å²) in [5, 5.41) is 2.48. The molecule has 3 N–H and O–H groups in total. The first-order chi connectivity index (χ1) is 9.31. The van der Waals surface area contributed by atoms with Gasteiger partial charge in [0.25, 0.3) is 0 Å². The number of halogens is 3. The summed E-state index contributed by atoms with van der Waals surface area (Å²) in [6.45, 7) is 1.74. The van der Waals surface area contributed by atoms with Crippen molar-refractivity contribution in [2.75, 3.05) is 5.32 Å². The van der Waals surface area contributed by atoms with Gasteiger partial charge in [0.2, 0.25) is 0 Å². The molecule has 1 aliphatic carbocycles. The van der Waals surface area contributed by atoms with Crippen LogP contribution in [0.15, 0.2) is 0 Å². The number of amides is 2. The second-order valence-corrected chi connectivity index (χ2v) is 4.83. The Kier molecular flexibility index (Phi) is 3.87. The van der Waals surface area contributed by atoms with E-state index in [2.05, 4.69) is 10.3 Å². The number of carbonyl (C=O) groups is 1. The molecule has 0 saturated heterocycles. The normalized spacial score (nSPS) is 14.2. The van der Waals surface area contributed by atoms with E-state index in [4.69, 9.17) is 5.73 Å². The van der Waals surface area contributed by atoms with Gasteiger partial charge in [-0.1, -0.05) is 6.92 Å². The van der Waals surface area contributed by atoms with Crippen molar-refractivity contribution in [2.45, 2.75) is 45.2 Å². The molecule has 0 spiro atoms. The zero-order valence-electron chi connectivity index (χ0n) is 11.1. The maximum absolute atomic E-state index is 12.7. The lowest BCUT2D eigenvalue weighted by Gasteiger charge is -2.18. The maximum Gasteiger partial charge on any atom is 0.394 e. The zero-order chi connectivity index (χ0) is 14.9. The maximum atomic E-state index is 12.7. The predicted molar refractivity (Wildman–Crippen MR) is 68.6 cm³/mol. The van der Waals surface area contributed by atoms with Gasteiger partial charge < -0.3 is 11.1 Å². The number of rotatable bonds is 3. The number of aromatic nitrogens is 1. The highest BCUT2D eigenvalue weighted by Crippen LogP contribution is 2.35. The molecule has 1 heterocycles. The molecule has 0 unspecified atom stereocenters. The number of nitrogens with one attached hydrogen (secondary N) is 1. The van der Waals surface area contributed by atoms with Crippen molar-refractivity contribution >= 4 is 11.7 Å². The Hall–Kier alpha value is -1.79. The summed E-state index contributed by atoms with van der Waals surface area (Å²) in [6, 6.07) is -0.766. The van der Waals surface area contributed by atoms with Gasteiger partial charge in [-0.05, 0) is 36.8 Å². The summed E-state index contributed by atoms with van der Waals surface area (Å²) in [6.07, 6.45) is -2.88. The molecule has 7 heteroatoms. The smallest absolute Gasteiger partial charge is 0.351 e. The van der Waals surface area contributed by atoms with E-state index >= 15 is 0 Å². The van der Waals surface area contributed by atoms with E-state index in [1.807, 2.05) is 0 Å². The first-order valence-corrected chi connectivity index (χ1v) is 6.48. The first kappa shape index (κ1) is 14.6. The van der Waals surface area contributed by atoms with Crippen molar-refractivity contribution in [1.82, 2.24) is 4.98 Å². The number of nitrogens with two attached hydrogens (primary N) is 1. The van der Waals surface area contributed by atoms with E-state index < -0.39 is 18.6 Å². The third-order valence-electron chi connectivity index (χ3n) is 3.38. The standard InChI is InChI=1S/C13H16F3N3O/c1-2-7-10(6-13(14,15)16)18-9-5-3-4-8(9)11(7)19-12(17)20/h2-6H2,1H3,(H3,17,18,19,20). The highest BCUT2D eigenvalue weighted by atomic mass is 19.4. The Morgan fingerprint density at radius 3 is 2.65 bits per heavy atom. The molecular weight excluding hydrogens is 271 g/mol. The van der Waals surface area contributed by atoms with Crippen LogP contribution in [0.2, 0.25) is 0 Å². The molecule has 0 fully saturated rings. The number of hydrogen-bond donors (Lipinski definition) is 2. The van der Waals surface area contributed by atoms with Gasteiger partial charge in [-0.15, -0.1) is 0 Å². The lowest BCUT2D eigenvalue weighted by atomic mass is 10.0. The van der Waals surface area contributed by atoms with E-state index in [0.29, 0.717) is 36.2 Å². The second kappa shape index (κ2) is 5.30. The van der Waals surface area contributed by atoms with Crippen LogP contribution in [0.1, 0.15) is 35.9 Å². The van der Waals surface area contributed by atoms with Gasteiger partial charge in [0.1, 0.15) is 0 Å². The topological polar surface area (TPSA) is 68.0 Å². The minimum atomic E-state index is -4.33. The Morgan fingerprint density at radius 1 is 1.40 bits per heavy atom. The third kappa shape index (κ3) is 3.02. The summed E-state index contributed by atoms with van der Waals surface area (Å²) in [4.78, 5) is 15.3. The van der Waals surface area contributed by atoms with Gasteiger partial charge >= 0.3 is 12.2 Å². The number of fused-ring (bicyclic) bond motifs is 1. The molecule has 4 nitrogen and oxygen atoms in total. The summed E-state index contributed by atoms with van der Waals surface area (Å²) < 4.78 is 38.0. The summed E-state index contributed by atoms with van der Waals surface area (Å²) >= 11 is 0. The number of carbonyl (C=O) groups excluding carboxylic acids is 1. The van der Waals surface area contributed by atoms with Crippen LogP contribution in [-0.4, -0.2) is 17.2 Å². The number of urea groups is 1. The van der Waals surface area contributed by atoms with Crippen LogP contribution >= 0.6 is 0 Å². The highest BCUT2D eigenvalue weighted by molar-refractivity contribution is 5.90.